The largest absolute Gasteiger partial charge is 0.306 e. The summed E-state index contributed by atoms with van der Waals surface area (Å²) in [6.45, 7) is 5.07. The Hall–Kier alpha value is -1.13. The second kappa shape index (κ2) is 8.50. The van der Waals surface area contributed by atoms with Crippen LogP contribution in [0, 0.1) is 5.82 Å². The van der Waals surface area contributed by atoms with E-state index < -0.39 is 5.82 Å². The molecule has 2 aromatic carbocycles. The Bertz CT molecular complexity index is 708. The maximum absolute atomic E-state index is 13.8. The zero-order valence-electron chi connectivity index (χ0n) is 14.3. The second-order valence-corrected chi connectivity index (χ2v) is 7.55. The van der Waals surface area contributed by atoms with Gasteiger partial charge in [-0.05, 0) is 49.6 Å². The summed E-state index contributed by atoms with van der Waals surface area (Å²) in [6.07, 6.45) is 2.27. The molecule has 0 aromatic heterocycles. The van der Waals surface area contributed by atoms with Gasteiger partial charge in [0.2, 0.25) is 0 Å². The Labute approximate surface area is 158 Å². The maximum atomic E-state index is 13.8. The smallest absolute Gasteiger partial charge is 0.142 e. The van der Waals surface area contributed by atoms with Crippen molar-refractivity contribution in [3.63, 3.8) is 0 Å². The van der Waals surface area contributed by atoms with E-state index in [1.807, 2.05) is 13.0 Å². The van der Waals surface area contributed by atoms with Crippen LogP contribution < -0.4 is 5.32 Å². The molecular formula is C20H23Cl2FN2. The average Bonchev–Trinajstić information content (AvgIpc) is 2.59. The van der Waals surface area contributed by atoms with Crippen LogP contribution in [0.25, 0.3) is 0 Å². The lowest BCUT2D eigenvalue weighted by Crippen LogP contribution is -2.46. The molecule has 1 N–H and O–H groups in total. The van der Waals surface area contributed by atoms with Gasteiger partial charge in [-0.25, -0.2) is 4.39 Å². The van der Waals surface area contributed by atoms with Crippen molar-refractivity contribution >= 4 is 23.2 Å². The van der Waals surface area contributed by atoms with E-state index in [9.17, 15) is 4.39 Å². The second-order valence-electron chi connectivity index (χ2n) is 6.74. The fourth-order valence-corrected chi connectivity index (χ4v) is 4.04. The number of hydrogen-bond donors (Lipinski definition) is 1. The number of nitrogens with zero attached hydrogens (tertiary/aromatic N) is 1. The van der Waals surface area contributed by atoms with E-state index in [1.54, 1.807) is 0 Å². The number of nitrogens with one attached hydrogen (secondary N) is 1. The molecule has 1 saturated heterocycles. The van der Waals surface area contributed by atoms with Gasteiger partial charge >= 0.3 is 0 Å². The van der Waals surface area contributed by atoms with Gasteiger partial charge in [-0.3, -0.25) is 4.90 Å². The van der Waals surface area contributed by atoms with Crippen molar-refractivity contribution < 1.29 is 4.39 Å². The molecule has 5 heteroatoms. The molecule has 1 aliphatic rings. The van der Waals surface area contributed by atoms with E-state index in [4.69, 9.17) is 23.2 Å². The van der Waals surface area contributed by atoms with Gasteiger partial charge in [0, 0.05) is 30.2 Å². The third kappa shape index (κ3) is 4.95. The molecule has 2 nitrogen and oxygen atoms in total. The summed E-state index contributed by atoms with van der Waals surface area (Å²) >= 11 is 12.0. The van der Waals surface area contributed by atoms with Crippen LogP contribution in [0.1, 0.15) is 36.9 Å². The van der Waals surface area contributed by atoms with E-state index in [0.717, 1.165) is 38.0 Å². The Kier molecular flexibility index (Phi) is 6.34. The third-order valence-corrected chi connectivity index (χ3v) is 5.36. The van der Waals surface area contributed by atoms with E-state index in [2.05, 4.69) is 34.5 Å². The van der Waals surface area contributed by atoms with Gasteiger partial charge in [-0.15, -0.1) is 0 Å². The minimum atomic E-state index is -0.427. The van der Waals surface area contributed by atoms with Gasteiger partial charge in [0.25, 0.3) is 0 Å². The summed E-state index contributed by atoms with van der Waals surface area (Å²) in [5.74, 6) is -0.427. The maximum Gasteiger partial charge on any atom is 0.142 e. The van der Waals surface area contributed by atoms with Gasteiger partial charge in [0.15, 0.2) is 0 Å². The van der Waals surface area contributed by atoms with E-state index >= 15 is 0 Å². The predicted octanol–water partition coefficient (Wildman–Crippen LogP) is 5.45. The standard InChI is InChI=1S/C20H23Cl2FN2/c1-14(17-10-20(23)19(22)11-18(17)21)24-16-8-5-9-25(13-16)12-15-6-3-2-4-7-15/h2-4,6-7,10-11,14,16,24H,5,8-9,12-13H2,1H3. The highest BCUT2D eigenvalue weighted by Gasteiger charge is 2.23. The highest BCUT2D eigenvalue weighted by molar-refractivity contribution is 6.35. The number of likely N-dealkylation sites (tertiary alicyclic amines) is 1. The molecule has 2 atom stereocenters. The van der Waals surface area contributed by atoms with Crippen molar-refractivity contribution in [2.24, 2.45) is 0 Å². The highest BCUT2D eigenvalue weighted by atomic mass is 35.5. The van der Waals surface area contributed by atoms with Gasteiger partial charge in [0.1, 0.15) is 5.82 Å². The fraction of sp³-hybridized carbons (Fsp3) is 0.400. The first-order valence-corrected chi connectivity index (χ1v) is 9.45. The lowest BCUT2D eigenvalue weighted by atomic mass is 10.0. The van der Waals surface area contributed by atoms with Crippen LogP contribution >= 0.6 is 23.2 Å². The molecule has 25 heavy (non-hydrogen) atoms. The first-order chi connectivity index (χ1) is 12.0. The molecule has 3 rings (SSSR count). The highest BCUT2D eigenvalue weighted by Crippen LogP contribution is 2.29. The van der Waals surface area contributed by atoms with Crippen molar-refractivity contribution in [3.05, 3.63) is 69.5 Å². The van der Waals surface area contributed by atoms with E-state index in [-0.39, 0.29) is 11.1 Å². The fourth-order valence-electron chi connectivity index (χ4n) is 3.49. The van der Waals surface area contributed by atoms with Crippen molar-refractivity contribution in [1.29, 1.82) is 0 Å². The van der Waals surface area contributed by atoms with Crippen LogP contribution in [-0.2, 0) is 6.54 Å². The molecule has 0 amide bonds. The minimum absolute atomic E-state index is 0.0269. The molecule has 0 radical (unpaired) electrons. The van der Waals surface area contributed by atoms with Crippen molar-refractivity contribution in [2.45, 2.75) is 38.4 Å². The number of hydrogen-bond acceptors (Lipinski definition) is 2. The lowest BCUT2D eigenvalue weighted by molar-refractivity contribution is 0.177. The predicted molar refractivity (Wildman–Crippen MR) is 103 cm³/mol. The summed E-state index contributed by atoms with van der Waals surface area (Å²) in [4.78, 5) is 2.47. The average molecular weight is 381 g/mol. The van der Waals surface area contributed by atoms with Crippen molar-refractivity contribution in [3.8, 4) is 0 Å². The number of piperidine rings is 1. The Balaban J connectivity index is 1.61. The molecule has 134 valence electrons. The first kappa shape index (κ1) is 18.7. The molecule has 0 bridgehead atoms. The third-order valence-electron chi connectivity index (χ3n) is 4.75. The first-order valence-electron chi connectivity index (χ1n) is 8.69. The Morgan fingerprint density at radius 1 is 1.20 bits per heavy atom. The van der Waals surface area contributed by atoms with Crippen LogP contribution in [0.4, 0.5) is 4.39 Å². The molecule has 1 fully saturated rings. The minimum Gasteiger partial charge on any atom is -0.306 e. The monoisotopic (exact) mass is 380 g/mol. The number of rotatable bonds is 5. The molecule has 2 unspecified atom stereocenters. The van der Waals surface area contributed by atoms with Gasteiger partial charge in [-0.2, -0.15) is 0 Å². The van der Waals surface area contributed by atoms with Gasteiger partial charge in [-0.1, -0.05) is 53.5 Å². The topological polar surface area (TPSA) is 15.3 Å². The van der Waals surface area contributed by atoms with Crippen LogP contribution in [0.15, 0.2) is 42.5 Å². The summed E-state index contributed by atoms with van der Waals surface area (Å²) in [5.41, 5.74) is 2.09. The van der Waals surface area contributed by atoms with Crippen LogP contribution in [0.5, 0.6) is 0 Å². The van der Waals surface area contributed by atoms with Crippen LogP contribution in [-0.4, -0.2) is 24.0 Å². The summed E-state index contributed by atoms with van der Waals surface area (Å²) in [7, 11) is 0. The Morgan fingerprint density at radius 2 is 1.96 bits per heavy atom. The number of halogens is 3. The SMILES string of the molecule is CC(NC1CCCN(Cc2ccccc2)C1)c1cc(F)c(Cl)cc1Cl. The van der Waals surface area contributed by atoms with Gasteiger partial charge < -0.3 is 5.32 Å². The van der Waals surface area contributed by atoms with Crippen molar-refractivity contribution in [1.82, 2.24) is 10.2 Å². The van der Waals surface area contributed by atoms with E-state index in [0.29, 0.717) is 11.1 Å². The number of benzene rings is 2. The van der Waals surface area contributed by atoms with E-state index in [1.165, 1.54) is 17.7 Å². The summed E-state index contributed by atoms with van der Waals surface area (Å²) in [5, 5.41) is 4.17. The normalized spacial score (nSPS) is 19.8. The molecule has 0 spiro atoms. The molecule has 1 aliphatic heterocycles. The molecule has 0 aliphatic carbocycles. The van der Waals surface area contributed by atoms with Crippen molar-refractivity contribution in [2.75, 3.05) is 13.1 Å². The van der Waals surface area contributed by atoms with Crippen LogP contribution in [0.2, 0.25) is 10.0 Å². The molecule has 1 heterocycles. The summed E-state index contributed by atoms with van der Waals surface area (Å²) in [6, 6.07) is 13.8. The van der Waals surface area contributed by atoms with Crippen LogP contribution in [0.3, 0.4) is 0 Å². The zero-order chi connectivity index (χ0) is 17.8. The van der Waals surface area contributed by atoms with Gasteiger partial charge in [0.05, 0.1) is 5.02 Å². The summed E-state index contributed by atoms with van der Waals surface area (Å²) < 4.78 is 13.8. The molecule has 2 aromatic rings. The molecular weight excluding hydrogens is 358 g/mol. The molecule has 0 saturated carbocycles. The lowest BCUT2D eigenvalue weighted by Gasteiger charge is -2.35. The Morgan fingerprint density at radius 3 is 2.72 bits per heavy atom. The quantitative estimate of drug-likeness (QED) is 0.693. The zero-order valence-corrected chi connectivity index (χ0v) is 15.8.